The lowest BCUT2D eigenvalue weighted by molar-refractivity contribution is -0.126. The predicted molar refractivity (Wildman–Crippen MR) is 48.8 cm³/mol. The van der Waals surface area contributed by atoms with Crippen LogP contribution in [0.5, 0.6) is 0 Å². The molecule has 2 N–H and O–H groups in total. The summed E-state index contributed by atoms with van der Waals surface area (Å²) in [5, 5.41) is 9.12. The van der Waals surface area contributed by atoms with Crippen LogP contribution in [0.2, 0.25) is 0 Å². The highest BCUT2D eigenvalue weighted by Crippen LogP contribution is 2.17. The monoisotopic (exact) mass is 216 g/mol. The van der Waals surface area contributed by atoms with Crippen LogP contribution in [-0.4, -0.2) is 35.2 Å². The number of nitrogens with zero attached hydrogens (tertiary/aromatic N) is 2. The number of amides is 1. The number of carbonyl (C=O) groups excluding carboxylic acids is 1. The molecule has 2 rings (SSSR count). The van der Waals surface area contributed by atoms with E-state index in [2.05, 4.69) is 15.7 Å². The molecule has 0 radical (unpaired) electrons. The molecule has 1 aliphatic heterocycles. The Balaban J connectivity index is 2.07. The van der Waals surface area contributed by atoms with Crippen molar-refractivity contribution < 1.29 is 13.6 Å². The molecule has 15 heavy (non-hydrogen) atoms. The summed E-state index contributed by atoms with van der Waals surface area (Å²) in [4.78, 5) is 10.8. The van der Waals surface area contributed by atoms with Crippen molar-refractivity contribution in [3.05, 3.63) is 12.3 Å². The van der Waals surface area contributed by atoms with Gasteiger partial charge in [-0.3, -0.25) is 4.79 Å². The molecule has 1 saturated heterocycles. The van der Waals surface area contributed by atoms with E-state index in [0.717, 1.165) is 13.1 Å². The summed E-state index contributed by atoms with van der Waals surface area (Å²) < 4.78 is 25.5. The quantitative estimate of drug-likeness (QED) is 0.760. The van der Waals surface area contributed by atoms with E-state index >= 15 is 0 Å². The summed E-state index contributed by atoms with van der Waals surface area (Å²) in [5.41, 5.74) is 0. The second-order valence-electron chi connectivity index (χ2n) is 3.26. The normalized spacial score (nSPS) is 16.5. The van der Waals surface area contributed by atoms with E-state index in [0.29, 0.717) is 5.82 Å². The summed E-state index contributed by atoms with van der Waals surface area (Å²) in [6.07, 6.45) is -1.53. The van der Waals surface area contributed by atoms with Crippen LogP contribution >= 0.6 is 0 Å². The Kier molecular flexibility index (Phi) is 2.63. The van der Waals surface area contributed by atoms with Crippen molar-refractivity contribution >= 4 is 11.7 Å². The van der Waals surface area contributed by atoms with Gasteiger partial charge in [0.05, 0.1) is 12.2 Å². The first-order valence-electron chi connectivity index (χ1n) is 4.51. The van der Waals surface area contributed by atoms with Gasteiger partial charge in [-0.05, 0) is 0 Å². The molecule has 0 unspecified atom stereocenters. The fourth-order valence-electron chi connectivity index (χ4n) is 1.33. The van der Waals surface area contributed by atoms with Gasteiger partial charge in [-0.25, -0.2) is 4.68 Å². The number of alkyl halides is 2. The van der Waals surface area contributed by atoms with Gasteiger partial charge in [0.1, 0.15) is 5.82 Å². The zero-order valence-electron chi connectivity index (χ0n) is 7.78. The number of carbonyl (C=O) groups is 1. The van der Waals surface area contributed by atoms with Gasteiger partial charge in [0.25, 0.3) is 5.91 Å². The van der Waals surface area contributed by atoms with E-state index in [9.17, 15) is 13.6 Å². The number of halogens is 2. The van der Waals surface area contributed by atoms with E-state index < -0.39 is 12.3 Å². The summed E-state index contributed by atoms with van der Waals surface area (Å²) in [7, 11) is 0. The lowest BCUT2D eigenvalue weighted by atomic mass is 10.2. The van der Waals surface area contributed by atoms with Gasteiger partial charge >= 0.3 is 6.43 Å². The number of hydrogen-bond donors (Lipinski definition) is 2. The molecule has 2 heterocycles. The second kappa shape index (κ2) is 3.93. The van der Waals surface area contributed by atoms with Crippen LogP contribution in [0.15, 0.2) is 12.3 Å². The lowest BCUT2D eigenvalue weighted by Crippen LogP contribution is -2.44. The van der Waals surface area contributed by atoms with Crippen LogP contribution in [0.25, 0.3) is 0 Å². The first-order valence-corrected chi connectivity index (χ1v) is 4.51. The van der Waals surface area contributed by atoms with E-state index in [1.54, 1.807) is 0 Å². The first-order chi connectivity index (χ1) is 7.18. The smallest absolute Gasteiger partial charge is 0.312 e. The minimum atomic E-state index is -3.01. The third kappa shape index (κ3) is 1.96. The van der Waals surface area contributed by atoms with Crippen LogP contribution in [0.3, 0.4) is 0 Å². The van der Waals surface area contributed by atoms with E-state index in [-0.39, 0.29) is 6.04 Å². The molecular formula is C8H10F2N4O. The van der Waals surface area contributed by atoms with Gasteiger partial charge in [-0.15, -0.1) is 0 Å². The molecule has 0 aliphatic carbocycles. The van der Waals surface area contributed by atoms with Crippen molar-refractivity contribution in [2.75, 3.05) is 18.4 Å². The van der Waals surface area contributed by atoms with Gasteiger partial charge in [-0.2, -0.15) is 13.9 Å². The van der Waals surface area contributed by atoms with Crippen LogP contribution in [-0.2, 0) is 4.79 Å². The molecule has 1 amide bonds. The van der Waals surface area contributed by atoms with Crippen LogP contribution in [0.1, 0.15) is 6.04 Å². The van der Waals surface area contributed by atoms with Crippen molar-refractivity contribution in [1.29, 1.82) is 0 Å². The molecule has 82 valence electrons. The van der Waals surface area contributed by atoms with Crippen molar-refractivity contribution in [2.45, 2.75) is 12.5 Å². The zero-order valence-corrected chi connectivity index (χ0v) is 7.78. The number of aromatic nitrogens is 2. The summed E-state index contributed by atoms with van der Waals surface area (Å²) in [5.74, 6) is -0.990. The van der Waals surface area contributed by atoms with Gasteiger partial charge in [0.2, 0.25) is 0 Å². The molecule has 0 atom stereocenters. The molecule has 5 nitrogen and oxygen atoms in total. The highest BCUT2D eigenvalue weighted by molar-refractivity contribution is 5.92. The maximum atomic E-state index is 12.0. The number of anilines is 1. The highest BCUT2D eigenvalue weighted by Gasteiger charge is 2.23. The van der Waals surface area contributed by atoms with Crippen molar-refractivity contribution in [3.8, 4) is 0 Å². The van der Waals surface area contributed by atoms with Crippen molar-refractivity contribution in [2.24, 2.45) is 0 Å². The molecular weight excluding hydrogens is 206 g/mol. The van der Waals surface area contributed by atoms with Crippen molar-refractivity contribution in [1.82, 2.24) is 15.1 Å². The molecule has 7 heteroatoms. The Hall–Kier alpha value is -1.50. The second-order valence-corrected chi connectivity index (χ2v) is 3.26. The first kappa shape index (κ1) is 10.0. The fraction of sp³-hybridized carbons (Fsp3) is 0.500. The third-order valence-electron chi connectivity index (χ3n) is 2.23. The highest BCUT2D eigenvalue weighted by atomic mass is 19.3. The fourth-order valence-corrected chi connectivity index (χ4v) is 1.33. The van der Waals surface area contributed by atoms with E-state index in [1.165, 1.54) is 16.9 Å². The van der Waals surface area contributed by atoms with Crippen LogP contribution in [0, 0.1) is 0 Å². The summed E-state index contributed by atoms with van der Waals surface area (Å²) in [6, 6.07) is 1.63. The number of nitrogens with one attached hydrogen (secondary N) is 2. The Morgan fingerprint density at radius 1 is 1.67 bits per heavy atom. The lowest BCUT2D eigenvalue weighted by Gasteiger charge is -2.28. The maximum Gasteiger partial charge on any atom is 0.315 e. The zero-order chi connectivity index (χ0) is 10.8. The molecule has 1 aromatic rings. The molecule has 1 fully saturated rings. The minimum Gasteiger partial charge on any atom is -0.312 e. The third-order valence-corrected chi connectivity index (χ3v) is 2.23. The average Bonchev–Trinajstić information content (AvgIpc) is 2.50. The maximum absolute atomic E-state index is 12.0. The van der Waals surface area contributed by atoms with Gasteiger partial charge < -0.3 is 10.6 Å². The standard InChI is InChI=1S/C8H10F2N4O/c9-7(10)8(15)13-6-1-2-12-14(6)5-3-11-4-5/h1-2,5,7,11H,3-4H2,(H,13,15). The van der Waals surface area contributed by atoms with Crippen LogP contribution in [0.4, 0.5) is 14.6 Å². The summed E-state index contributed by atoms with van der Waals surface area (Å²) >= 11 is 0. The van der Waals surface area contributed by atoms with Gasteiger partial charge in [0, 0.05) is 19.2 Å². The van der Waals surface area contributed by atoms with E-state index in [1.807, 2.05) is 0 Å². The number of rotatable bonds is 3. The minimum absolute atomic E-state index is 0.132. The van der Waals surface area contributed by atoms with Crippen LogP contribution < -0.4 is 10.6 Å². The molecule has 1 aromatic heterocycles. The molecule has 0 aromatic carbocycles. The predicted octanol–water partition coefficient (Wildman–Crippen LogP) is 0.231. The number of hydrogen-bond acceptors (Lipinski definition) is 3. The molecule has 0 spiro atoms. The van der Waals surface area contributed by atoms with Crippen molar-refractivity contribution in [3.63, 3.8) is 0 Å². The topological polar surface area (TPSA) is 59.0 Å². The van der Waals surface area contributed by atoms with E-state index in [4.69, 9.17) is 0 Å². The largest absolute Gasteiger partial charge is 0.315 e. The Morgan fingerprint density at radius 2 is 2.40 bits per heavy atom. The summed E-state index contributed by atoms with van der Waals surface area (Å²) in [6.45, 7) is 1.47. The Labute approximate surface area is 84.4 Å². The molecule has 1 aliphatic rings. The Morgan fingerprint density at radius 3 is 2.93 bits per heavy atom. The van der Waals surface area contributed by atoms with Gasteiger partial charge in [-0.1, -0.05) is 0 Å². The molecule has 0 saturated carbocycles. The molecule has 0 bridgehead atoms. The Bertz CT molecular complexity index is 361. The van der Waals surface area contributed by atoms with Gasteiger partial charge in [0.15, 0.2) is 0 Å². The average molecular weight is 216 g/mol. The SMILES string of the molecule is O=C(Nc1ccnn1C1CNC1)C(F)F.